The Balaban J connectivity index is 2.68. The summed E-state index contributed by atoms with van der Waals surface area (Å²) in [4.78, 5) is 0. The van der Waals surface area contributed by atoms with Crippen molar-refractivity contribution in [1.29, 1.82) is 0 Å². The Hall–Kier alpha value is -0.990. The van der Waals surface area contributed by atoms with Crippen molar-refractivity contribution in [3.05, 3.63) is 35.0 Å². The van der Waals surface area contributed by atoms with E-state index in [1.54, 1.807) is 0 Å². The zero-order valence-electron chi connectivity index (χ0n) is 9.92. The van der Waals surface area contributed by atoms with Gasteiger partial charge in [0.1, 0.15) is 0 Å². The summed E-state index contributed by atoms with van der Waals surface area (Å²) in [7, 11) is 1.98. The van der Waals surface area contributed by atoms with E-state index in [0.717, 1.165) is 11.6 Å². The molecule has 3 heteroatoms. The van der Waals surface area contributed by atoms with Crippen molar-refractivity contribution < 1.29 is 0 Å². The molecule has 2 nitrogen and oxygen atoms in total. The number of aryl methyl sites for hydroxylation is 1. The van der Waals surface area contributed by atoms with Crippen molar-refractivity contribution in [2.24, 2.45) is 0 Å². The predicted octanol–water partition coefficient (Wildman–Crippen LogP) is 3.60. The molecule has 0 aliphatic heterocycles. The number of rotatable bonds is 3. The molecule has 0 aliphatic rings. The smallest absolute Gasteiger partial charge is 0.0484 e. The minimum Gasteiger partial charge on any atom is -0.347 e. The van der Waals surface area contributed by atoms with Gasteiger partial charge in [0, 0.05) is 34.7 Å². The molecule has 1 aromatic heterocycles. The number of benzene rings is 1. The van der Waals surface area contributed by atoms with E-state index in [1.807, 2.05) is 19.2 Å². The van der Waals surface area contributed by atoms with Crippen LogP contribution in [-0.4, -0.2) is 11.6 Å². The number of hydrogen-bond donors (Lipinski definition) is 1. The predicted molar refractivity (Wildman–Crippen MR) is 70.1 cm³/mol. The van der Waals surface area contributed by atoms with Gasteiger partial charge in [-0.15, -0.1) is 0 Å². The van der Waals surface area contributed by atoms with E-state index in [4.69, 9.17) is 11.6 Å². The Bertz CT molecular complexity index is 502. The van der Waals surface area contributed by atoms with Gasteiger partial charge in [-0.2, -0.15) is 0 Å². The van der Waals surface area contributed by atoms with Crippen LogP contribution >= 0.6 is 11.6 Å². The third kappa shape index (κ3) is 1.83. The Morgan fingerprint density at radius 3 is 2.81 bits per heavy atom. The first-order valence-corrected chi connectivity index (χ1v) is 6.00. The highest BCUT2D eigenvalue weighted by molar-refractivity contribution is 6.31. The van der Waals surface area contributed by atoms with Crippen LogP contribution in [0.25, 0.3) is 10.9 Å². The maximum Gasteiger partial charge on any atom is 0.0484 e. The van der Waals surface area contributed by atoms with Gasteiger partial charge < -0.3 is 9.88 Å². The lowest BCUT2D eigenvalue weighted by molar-refractivity contribution is 0.651. The van der Waals surface area contributed by atoms with E-state index in [0.29, 0.717) is 6.04 Å². The van der Waals surface area contributed by atoms with E-state index >= 15 is 0 Å². The van der Waals surface area contributed by atoms with Crippen LogP contribution in [0, 0.1) is 0 Å². The highest BCUT2D eigenvalue weighted by Gasteiger charge is 2.12. The molecular weight excluding hydrogens is 220 g/mol. The minimum absolute atomic E-state index is 0.341. The lowest BCUT2D eigenvalue weighted by Crippen LogP contribution is -2.11. The molecule has 1 heterocycles. The number of fused-ring (bicyclic) bond motifs is 1. The van der Waals surface area contributed by atoms with Crippen molar-refractivity contribution in [2.45, 2.75) is 26.4 Å². The number of nitrogens with one attached hydrogen (secondary N) is 1. The van der Waals surface area contributed by atoms with E-state index in [-0.39, 0.29) is 0 Å². The molecule has 1 N–H and O–H groups in total. The van der Waals surface area contributed by atoms with Crippen LogP contribution in [0.1, 0.15) is 25.5 Å². The second-order valence-corrected chi connectivity index (χ2v) is 4.48. The first-order valence-electron chi connectivity index (χ1n) is 5.63. The molecule has 86 valence electrons. The Morgan fingerprint density at radius 1 is 1.44 bits per heavy atom. The molecule has 0 saturated carbocycles. The second kappa shape index (κ2) is 4.48. The first kappa shape index (κ1) is 11.5. The van der Waals surface area contributed by atoms with Crippen LogP contribution in [0.5, 0.6) is 0 Å². The van der Waals surface area contributed by atoms with Crippen molar-refractivity contribution >= 4 is 22.5 Å². The quantitative estimate of drug-likeness (QED) is 0.862. The largest absolute Gasteiger partial charge is 0.347 e. The fourth-order valence-electron chi connectivity index (χ4n) is 2.06. The van der Waals surface area contributed by atoms with Crippen LogP contribution < -0.4 is 5.32 Å². The molecule has 0 aliphatic carbocycles. The maximum atomic E-state index is 6.06. The van der Waals surface area contributed by atoms with Gasteiger partial charge >= 0.3 is 0 Å². The van der Waals surface area contributed by atoms with Crippen LogP contribution in [-0.2, 0) is 6.54 Å². The lowest BCUT2D eigenvalue weighted by atomic mass is 10.1. The van der Waals surface area contributed by atoms with Gasteiger partial charge in [-0.05, 0) is 44.7 Å². The fourth-order valence-corrected chi connectivity index (χ4v) is 2.23. The van der Waals surface area contributed by atoms with Gasteiger partial charge in [-0.25, -0.2) is 0 Å². The summed E-state index contributed by atoms with van der Waals surface area (Å²) in [6.45, 7) is 5.30. The summed E-state index contributed by atoms with van der Waals surface area (Å²) < 4.78 is 2.26. The van der Waals surface area contributed by atoms with Crippen LogP contribution in [0.15, 0.2) is 24.4 Å². The van der Waals surface area contributed by atoms with Crippen LogP contribution in [0.4, 0.5) is 0 Å². The molecule has 0 bridgehead atoms. The molecule has 1 atom stereocenters. The summed E-state index contributed by atoms with van der Waals surface area (Å²) in [6.07, 6.45) is 2.21. The number of aromatic nitrogens is 1. The normalized spacial score (nSPS) is 13.2. The maximum absolute atomic E-state index is 6.06. The molecule has 2 rings (SSSR count). The molecule has 1 aromatic carbocycles. The zero-order chi connectivity index (χ0) is 11.7. The van der Waals surface area contributed by atoms with Gasteiger partial charge in [0.05, 0.1) is 0 Å². The SMILES string of the molecule is CCn1cc(C(C)NC)c2cc(Cl)ccc21. The molecule has 0 spiro atoms. The third-order valence-electron chi connectivity index (χ3n) is 3.11. The zero-order valence-corrected chi connectivity index (χ0v) is 10.7. The molecule has 0 fully saturated rings. The van der Waals surface area contributed by atoms with E-state index in [9.17, 15) is 0 Å². The van der Waals surface area contributed by atoms with Crippen molar-refractivity contribution in [2.75, 3.05) is 7.05 Å². The first-order chi connectivity index (χ1) is 7.67. The molecule has 2 aromatic rings. The molecular formula is C13H17ClN2. The highest BCUT2D eigenvalue weighted by Crippen LogP contribution is 2.28. The Labute approximate surface area is 101 Å². The number of hydrogen-bond acceptors (Lipinski definition) is 1. The monoisotopic (exact) mass is 236 g/mol. The van der Waals surface area contributed by atoms with Gasteiger partial charge in [0.15, 0.2) is 0 Å². The second-order valence-electron chi connectivity index (χ2n) is 4.04. The Morgan fingerprint density at radius 2 is 2.19 bits per heavy atom. The molecule has 0 radical (unpaired) electrons. The van der Waals surface area contributed by atoms with Crippen molar-refractivity contribution in [1.82, 2.24) is 9.88 Å². The van der Waals surface area contributed by atoms with Gasteiger partial charge in [-0.1, -0.05) is 11.6 Å². The van der Waals surface area contributed by atoms with Gasteiger partial charge in [0.25, 0.3) is 0 Å². The topological polar surface area (TPSA) is 17.0 Å². The third-order valence-corrected chi connectivity index (χ3v) is 3.35. The van der Waals surface area contributed by atoms with Gasteiger partial charge in [0.2, 0.25) is 0 Å². The van der Waals surface area contributed by atoms with Crippen molar-refractivity contribution in [3.63, 3.8) is 0 Å². The van der Waals surface area contributed by atoms with Gasteiger partial charge in [-0.3, -0.25) is 0 Å². The average molecular weight is 237 g/mol. The fraction of sp³-hybridized carbons (Fsp3) is 0.385. The summed E-state index contributed by atoms with van der Waals surface area (Å²) in [5.41, 5.74) is 2.56. The number of halogens is 1. The Kier molecular flexibility index (Phi) is 3.22. The number of nitrogens with zero attached hydrogens (tertiary/aromatic N) is 1. The molecule has 16 heavy (non-hydrogen) atoms. The summed E-state index contributed by atoms with van der Waals surface area (Å²) in [5.74, 6) is 0. The average Bonchev–Trinajstić information content (AvgIpc) is 2.66. The van der Waals surface area contributed by atoms with Crippen LogP contribution in [0.2, 0.25) is 5.02 Å². The molecule has 0 amide bonds. The van der Waals surface area contributed by atoms with E-state index < -0.39 is 0 Å². The summed E-state index contributed by atoms with van der Waals surface area (Å²) in [5, 5.41) is 5.32. The molecule has 0 saturated heterocycles. The summed E-state index contributed by atoms with van der Waals surface area (Å²) in [6, 6.07) is 6.43. The standard InChI is InChI=1S/C13H17ClN2/c1-4-16-8-12(9(2)15-3)11-7-10(14)5-6-13(11)16/h5-9,15H,4H2,1-3H3. The lowest BCUT2D eigenvalue weighted by Gasteiger charge is -2.08. The molecule has 1 unspecified atom stereocenters. The highest BCUT2D eigenvalue weighted by atomic mass is 35.5. The summed E-state index contributed by atoms with van der Waals surface area (Å²) >= 11 is 6.06. The van der Waals surface area contributed by atoms with Crippen LogP contribution in [0.3, 0.4) is 0 Å². The minimum atomic E-state index is 0.341. The van der Waals surface area contributed by atoms with E-state index in [1.165, 1.54) is 16.5 Å². The van der Waals surface area contributed by atoms with Crippen molar-refractivity contribution in [3.8, 4) is 0 Å². The van der Waals surface area contributed by atoms with E-state index in [2.05, 4.69) is 36.0 Å².